The molecule has 5 rings (SSSR count). The SMILES string of the molecule is CC(C)(C)OC(=O)N1CCC(Oc2ccc3c(n2)CCN(CC(O)CN2CCc4ccccc4C2)C3=O)CC1. The van der Waals surface area contributed by atoms with Gasteiger partial charge in [0.1, 0.15) is 11.7 Å². The van der Waals surface area contributed by atoms with Gasteiger partial charge in [-0.25, -0.2) is 9.78 Å². The van der Waals surface area contributed by atoms with Gasteiger partial charge in [0, 0.05) is 71.1 Å². The number of aliphatic hydroxyl groups is 1. The predicted octanol–water partition coefficient (Wildman–Crippen LogP) is 3.28. The molecule has 0 radical (unpaired) electrons. The minimum Gasteiger partial charge on any atom is -0.474 e. The summed E-state index contributed by atoms with van der Waals surface area (Å²) in [4.78, 5) is 35.8. The zero-order chi connectivity index (χ0) is 27.6. The Morgan fingerprint density at radius 3 is 2.51 bits per heavy atom. The number of likely N-dealkylation sites (tertiary alicyclic amines) is 1. The van der Waals surface area contributed by atoms with Gasteiger partial charge >= 0.3 is 6.09 Å². The molecule has 0 spiro atoms. The van der Waals surface area contributed by atoms with Crippen molar-refractivity contribution < 1.29 is 24.2 Å². The molecule has 2 aromatic rings. The summed E-state index contributed by atoms with van der Waals surface area (Å²) in [6.45, 7) is 9.86. The van der Waals surface area contributed by atoms with Gasteiger partial charge < -0.3 is 24.4 Å². The Hall–Kier alpha value is -3.17. The lowest BCUT2D eigenvalue weighted by Gasteiger charge is -2.34. The van der Waals surface area contributed by atoms with Crippen LogP contribution in [0.4, 0.5) is 4.79 Å². The molecule has 1 atom stereocenters. The first-order valence-electron chi connectivity index (χ1n) is 14.1. The summed E-state index contributed by atoms with van der Waals surface area (Å²) in [6.07, 6.45) is 2.07. The van der Waals surface area contributed by atoms with Crippen LogP contribution in [0, 0.1) is 0 Å². The number of carbonyl (C=O) groups is 2. The third-order valence-electron chi connectivity index (χ3n) is 7.58. The molecule has 1 unspecified atom stereocenters. The molecule has 0 aliphatic carbocycles. The molecule has 1 aromatic carbocycles. The highest BCUT2D eigenvalue weighted by Crippen LogP contribution is 2.24. The first-order chi connectivity index (χ1) is 18.6. The highest BCUT2D eigenvalue weighted by Gasteiger charge is 2.30. The van der Waals surface area contributed by atoms with E-state index >= 15 is 0 Å². The fourth-order valence-electron chi connectivity index (χ4n) is 5.59. The summed E-state index contributed by atoms with van der Waals surface area (Å²) in [7, 11) is 0. The van der Waals surface area contributed by atoms with Gasteiger partial charge in [0.15, 0.2) is 0 Å². The van der Waals surface area contributed by atoms with Gasteiger partial charge in [0.2, 0.25) is 5.88 Å². The van der Waals surface area contributed by atoms with Gasteiger partial charge in [-0.2, -0.15) is 0 Å². The van der Waals surface area contributed by atoms with E-state index in [0.717, 1.165) is 25.2 Å². The second-order valence-electron chi connectivity index (χ2n) is 11.8. The smallest absolute Gasteiger partial charge is 0.410 e. The Balaban J connectivity index is 1.10. The second kappa shape index (κ2) is 11.5. The molecule has 3 aliphatic rings. The molecular formula is C30H40N4O5. The molecule has 3 aliphatic heterocycles. The lowest BCUT2D eigenvalue weighted by molar-refractivity contribution is 0.0123. The van der Waals surface area contributed by atoms with E-state index in [0.29, 0.717) is 63.4 Å². The fourth-order valence-corrected chi connectivity index (χ4v) is 5.59. The van der Waals surface area contributed by atoms with Crippen LogP contribution in [0.2, 0.25) is 0 Å². The number of aromatic nitrogens is 1. The number of rotatable bonds is 6. The van der Waals surface area contributed by atoms with Crippen molar-refractivity contribution in [2.24, 2.45) is 0 Å². The third-order valence-corrected chi connectivity index (χ3v) is 7.58. The summed E-state index contributed by atoms with van der Waals surface area (Å²) in [5.74, 6) is 0.417. The Morgan fingerprint density at radius 1 is 1.03 bits per heavy atom. The molecule has 9 nitrogen and oxygen atoms in total. The largest absolute Gasteiger partial charge is 0.474 e. The lowest BCUT2D eigenvalue weighted by atomic mass is 9.99. The zero-order valence-corrected chi connectivity index (χ0v) is 23.3. The minimum atomic E-state index is -0.608. The fraction of sp³-hybridized carbons (Fsp3) is 0.567. The van der Waals surface area contributed by atoms with E-state index in [-0.39, 0.29) is 18.1 Å². The van der Waals surface area contributed by atoms with Crippen LogP contribution in [0.3, 0.4) is 0 Å². The van der Waals surface area contributed by atoms with Crippen molar-refractivity contribution in [3.63, 3.8) is 0 Å². The van der Waals surface area contributed by atoms with Crippen molar-refractivity contribution in [1.82, 2.24) is 19.7 Å². The first-order valence-corrected chi connectivity index (χ1v) is 14.1. The van der Waals surface area contributed by atoms with E-state index < -0.39 is 11.7 Å². The minimum absolute atomic E-state index is 0.0399. The van der Waals surface area contributed by atoms with Crippen LogP contribution in [0.25, 0.3) is 0 Å². The quantitative estimate of drug-likeness (QED) is 0.605. The molecule has 39 heavy (non-hydrogen) atoms. The summed E-state index contributed by atoms with van der Waals surface area (Å²) < 4.78 is 11.6. The molecule has 0 bridgehead atoms. The number of carbonyl (C=O) groups excluding carboxylic acids is 2. The monoisotopic (exact) mass is 536 g/mol. The van der Waals surface area contributed by atoms with Crippen LogP contribution >= 0.6 is 0 Å². The van der Waals surface area contributed by atoms with Gasteiger partial charge in [0.05, 0.1) is 17.4 Å². The topological polar surface area (TPSA) is 95.4 Å². The maximum Gasteiger partial charge on any atom is 0.410 e. The van der Waals surface area contributed by atoms with Crippen LogP contribution in [0.15, 0.2) is 36.4 Å². The molecule has 1 N–H and O–H groups in total. The average molecular weight is 537 g/mol. The average Bonchev–Trinajstić information content (AvgIpc) is 2.90. The Labute approximate surface area is 230 Å². The van der Waals surface area contributed by atoms with Crippen LogP contribution in [0.5, 0.6) is 5.88 Å². The zero-order valence-electron chi connectivity index (χ0n) is 23.3. The number of piperidine rings is 1. The second-order valence-corrected chi connectivity index (χ2v) is 11.8. The number of aliphatic hydroxyl groups excluding tert-OH is 1. The molecule has 1 saturated heterocycles. The normalized spacial score (nSPS) is 19.3. The number of pyridine rings is 1. The van der Waals surface area contributed by atoms with Gasteiger partial charge in [-0.05, 0) is 44.4 Å². The van der Waals surface area contributed by atoms with Crippen molar-refractivity contribution in [1.29, 1.82) is 0 Å². The summed E-state index contributed by atoms with van der Waals surface area (Å²) in [6, 6.07) is 12.0. The molecule has 210 valence electrons. The van der Waals surface area contributed by atoms with E-state index in [9.17, 15) is 14.7 Å². The third kappa shape index (κ3) is 6.89. The highest BCUT2D eigenvalue weighted by atomic mass is 16.6. The number of ether oxygens (including phenoxy) is 2. The van der Waals surface area contributed by atoms with E-state index in [1.54, 1.807) is 21.9 Å². The van der Waals surface area contributed by atoms with Crippen LogP contribution in [-0.2, 0) is 24.1 Å². The Morgan fingerprint density at radius 2 is 1.77 bits per heavy atom. The van der Waals surface area contributed by atoms with Gasteiger partial charge in [-0.3, -0.25) is 9.69 Å². The molecule has 4 heterocycles. The standard InChI is InChI=1S/C30H40N4O5/c1-30(2,3)39-29(37)33-15-11-24(12-16-33)38-27-9-8-25-26(31-27)13-17-34(28(25)36)20-23(35)19-32-14-10-21-6-4-5-7-22(21)18-32/h4-9,23-24,35H,10-20H2,1-3H3. The van der Waals surface area contributed by atoms with Crippen molar-refractivity contribution in [3.8, 4) is 5.88 Å². The maximum absolute atomic E-state index is 13.2. The Bertz CT molecular complexity index is 1190. The Kier molecular flexibility index (Phi) is 8.09. The number of fused-ring (bicyclic) bond motifs is 2. The van der Waals surface area contributed by atoms with Gasteiger partial charge in [-0.1, -0.05) is 24.3 Å². The molecular weight excluding hydrogens is 496 g/mol. The first kappa shape index (κ1) is 27.4. The van der Waals surface area contributed by atoms with Gasteiger partial charge in [0.25, 0.3) is 5.91 Å². The number of amides is 2. The number of hydrogen-bond acceptors (Lipinski definition) is 7. The number of hydrogen-bond donors (Lipinski definition) is 1. The van der Waals surface area contributed by atoms with Crippen molar-refractivity contribution in [2.75, 3.05) is 39.3 Å². The van der Waals surface area contributed by atoms with Crippen molar-refractivity contribution >= 4 is 12.0 Å². The van der Waals surface area contributed by atoms with Crippen LogP contribution < -0.4 is 4.74 Å². The van der Waals surface area contributed by atoms with E-state index in [2.05, 4.69) is 34.1 Å². The van der Waals surface area contributed by atoms with Crippen molar-refractivity contribution in [2.45, 2.75) is 70.8 Å². The summed E-state index contributed by atoms with van der Waals surface area (Å²) in [5.41, 5.74) is 3.50. The van der Waals surface area contributed by atoms with Crippen LogP contribution in [-0.4, -0.2) is 93.9 Å². The van der Waals surface area contributed by atoms with Crippen LogP contribution in [0.1, 0.15) is 60.8 Å². The van der Waals surface area contributed by atoms with E-state index in [1.807, 2.05) is 20.8 Å². The number of β-amino-alcohol motifs (C(OH)–C–C–N with tert-alkyl or cyclic N) is 1. The predicted molar refractivity (Wildman–Crippen MR) is 147 cm³/mol. The van der Waals surface area contributed by atoms with E-state index in [1.165, 1.54) is 11.1 Å². The van der Waals surface area contributed by atoms with Crippen molar-refractivity contribution in [3.05, 3.63) is 58.8 Å². The molecule has 1 fully saturated rings. The molecule has 0 saturated carbocycles. The van der Waals surface area contributed by atoms with E-state index in [4.69, 9.17) is 9.47 Å². The molecule has 2 amide bonds. The lowest BCUT2D eigenvalue weighted by Crippen LogP contribution is -2.46. The molecule has 9 heteroatoms. The molecule has 1 aromatic heterocycles. The number of nitrogens with zero attached hydrogens (tertiary/aromatic N) is 4. The maximum atomic E-state index is 13.2. The highest BCUT2D eigenvalue weighted by molar-refractivity contribution is 5.96. The summed E-state index contributed by atoms with van der Waals surface area (Å²) >= 11 is 0. The summed E-state index contributed by atoms with van der Waals surface area (Å²) in [5, 5.41) is 10.8. The number of benzene rings is 1. The van der Waals surface area contributed by atoms with Gasteiger partial charge in [-0.15, -0.1) is 0 Å².